The van der Waals surface area contributed by atoms with Gasteiger partial charge in [0.25, 0.3) is 0 Å². The molecule has 0 bridgehead atoms. The van der Waals surface area contributed by atoms with Gasteiger partial charge in [0.1, 0.15) is 11.9 Å². The molecule has 1 heterocycles. The van der Waals surface area contributed by atoms with Gasteiger partial charge in [0.2, 0.25) is 0 Å². The van der Waals surface area contributed by atoms with Crippen molar-refractivity contribution in [2.45, 2.75) is 31.8 Å². The SMILES string of the molecule is COC(=O)CCNCCC1CCc2ccccc2O1. The lowest BCUT2D eigenvalue weighted by Crippen LogP contribution is -2.28. The predicted octanol–water partition coefficient (Wildman–Crippen LogP) is 1.92. The Morgan fingerprint density at radius 2 is 2.26 bits per heavy atom. The fourth-order valence-electron chi connectivity index (χ4n) is 2.26. The molecule has 0 fully saturated rings. The summed E-state index contributed by atoms with van der Waals surface area (Å²) in [4.78, 5) is 10.9. The van der Waals surface area contributed by atoms with E-state index in [1.165, 1.54) is 12.7 Å². The van der Waals surface area contributed by atoms with E-state index in [9.17, 15) is 4.79 Å². The molecular weight excluding hydrogens is 242 g/mol. The third-order valence-electron chi connectivity index (χ3n) is 3.38. The van der Waals surface area contributed by atoms with Crippen LogP contribution in [0.3, 0.4) is 0 Å². The Morgan fingerprint density at radius 1 is 1.42 bits per heavy atom. The number of nitrogens with one attached hydrogen (secondary N) is 1. The number of ether oxygens (including phenoxy) is 2. The number of benzene rings is 1. The maximum atomic E-state index is 10.9. The second-order valence-electron chi connectivity index (χ2n) is 4.75. The number of esters is 1. The van der Waals surface area contributed by atoms with E-state index >= 15 is 0 Å². The molecule has 0 saturated heterocycles. The number of rotatable bonds is 6. The van der Waals surface area contributed by atoms with Gasteiger partial charge in [0.15, 0.2) is 0 Å². The van der Waals surface area contributed by atoms with Gasteiger partial charge in [-0.1, -0.05) is 18.2 Å². The van der Waals surface area contributed by atoms with Crippen LogP contribution in [0, 0.1) is 0 Å². The van der Waals surface area contributed by atoms with E-state index in [0.29, 0.717) is 13.0 Å². The number of fused-ring (bicyclic) bond motifs is 1. The molecule has 0 aliphatic carbocycles. The largest absolute Gasteiger partial charge is 0.490 e. The molecule has 4 nitrogen and oxygen atoms in total. The van der Waals surface area contributed by atoms with E-state index in [1.807, 2.05) is 12.1 Å². The third-order valence-corrected chi connectivity index (χ3v) is 3.38. The smallest absolute Gasteiger partial charge is 0.306 e. The summed E-state index contributed by atoms with van der Waals surface area (Å²) in [7, 11) is 1.41. The summed E-state index contributed by atoms with van der Waals surface area (Å²) in [6.45, 7) is 1.53. The molecule has 0 radical (unpaired) electrons. The first-order valence-electron chi connectivity index (χ1n) is 6.81. The molecule has 4 heteroatoms. The summed E-state index contributed by atoms with van der Waals surface area (Å²) < 4.78 is 10.5. The first-order valence-corrected chi connectivity index (χ1v) is 6.81. The minimum absolute atomic E-state index is 0.171. The summed E-state index contributed by atoms with van der Waals surface area (Å²) in [6, 6.07) is 8.22. The molecule has 19 heavy (non-hydrogen) atoms. The Kier molecular flexibility index (Phi) is 5.21. The molecule has 1 aromatic carbocycles. The maximum Gasteiger partial charge on any atom is 0.306 e. The number of hydrogen-bond acceptors (Lipinski definition) is 4. The summed E-state index contributed by atoms with van der Waals surface area (Å²) in [6.07, 6.45) is 3.82. The van der Waals surface area contributed by atoms with Crippen LogP contribution in [-0.2, 0) is 16.0 Å². The molecule has 0 amide bonds. The highest BCUT2D eigenvalue weighted by Crippen LogP contribution is 2.27. The predicted molar refractivity (Wildman–Crippen MR) is 73.3 cm³/mol. The standard InChI is InChI=1S/C15H21NO3/c1-18-15(17)9-11-16-10-8-13-7-6-12-4-2-3-5-14(12)19-13/h2-5,13,16H,6-11H2,1H3. The zero-order valence-corrected chi connectivity index (χ0v) is 11.4. The monoisotopic (exact) mass is 263 g/mol. The fraction of sp³-hybridized carbons (Fsp3) is 0.533. The summed E-state index contributed by atoms with van der Waals surface area (Å²) >= 11 is 0. The molecule has 1 aliphatic heterocycles. The maximum absolute atomic E-state index is 10.9. The van der Waals surface area contributed by atoms with Gasteiger partial charge in [-0.15, -0.1) is 0 Å². The van der Waals surface area contributed by atoms with Gasteiger partial charge in [-0.05, 0) is 37.4 Å². The lowest BCUT2D eigenvalue weighted by atomic mass is 10.0. The van der Waals surface area contributed by atoms with Gasteiger partial charge in [-0.2, -0.15) is 0 Å². The second kappa shape index (κ2) is 7.14. The van der Waals surface area contributed by atoms with Crippen molar-refractivity contribution in [3.05, 3.63) is 29.8 Å². The van der Waals surface area contributed by atoms with E-state index in [-0.39, 0.29) is 12.1 Å². The van der Waals surface area contributed by atoms with Crippen LogP contribution < -0.4 is 10.1 Å². The molecule has 1 aromatic rings. The fourth-order valence-corrected chi connectivity index (χ4v) is 2.26. The van der Waals surface area contributed by atoms with Crippen LogP contribution in [0.5, 0.6) is 5.75 Å². The highest BCUT2D eigenvalue weighted by molar-refractivity contribution is 5.69. The number of para-hydroxylation sites is 1. The minimum Gasteiger partial charge on any atom is -0.490 e. The van der Waals surface area contributed by atoms with Crippen molar-refractivity contribution in [3.8, 4) is 5.75 Å². The minimum atomic E-state index is -0.171. The Labute approximate surface area is 114 Å². The third kappa shape index (κ3) is 4.24. The quantitative estimate of drug-likeness (QED) is 0.629. The molecule has 0 spiro atoms. The Hall–Kier alpha value is -1.55. The van der Waals surface area contributed by atoms with Gasteiger partial charge >= 0.3 is 5.97 Å². The molecular formula is C15H21NO3. The Balaban J connectivity index is 1.64. The van der Waals surface area contributed by atoms with Crippen molar-refractivity contribution in [3.63, 3.8) is 0 Å². The lowest BCUT2D eigenvalue weighted by Gasteiger charge is -2.26. The average molecular weight is 263 g/mol. The molecule has 2 rings (SSSR count). The molecule has 1 atom stereocenters. The van der Waals surface area contributed by atoms with Crippen molar-refractivity contribution in [1.82, 2.24) is 5.32 Å². The van der Waals surface area contributed by atoms with Gasteiger partial charge in [0.05, 0.1) is 13.5 Å². The van der Waals surface area contributed by atoms with Crippen LogP contribution in [0.4, 0.5) is 0 Å². The summed E-state index contributed by atoms with van der Waals surface area (Å²) in [5, 5.41) is 3.24. The van der Waals surface area contributed by atoms with E-state index in [0.717, 1.165) is 31.6 Å². The molecule has 1 N–H and O–H groups in total. The highest BCUT2D eigenvalue weighted by Gasteiger charge is 2.18. The molecule has 0 aromatic heterocycles. The zero-order valence-electron chi connectivity index (χ0n) is 11.4. The van der Waals surface area contributed by atoms with Crippen LogP contribution >= 0.6 is 0 Å². The van der Waals surface area contributed by atoms with Crippen LogP contribution in [0.15, 0.2) is 24.3 Å². The summed E-state index contributed by atoms with van der Waals surface area (Å²) in [5.74, 6) is 0.851. The van der Waals surface area contributed by atoms with Crippen molar-refractivity contribution in [2.24, 2.45) is 0 Å². The topological polar surface area (TPSA) is 47.6 Å². The van der Waals surface area contributed by atoms with E-state index in [4.69, 9.17) is 4.74 Å². The van der Waals surface area contributed by atoms with Crippen molar-refractivity contribution >= 4 is 5.97 Å². The first-order chi connectivity index (χ1) is 9.29. The Morgan fingerprint density at radius 3 is 3.11 bits per heavy atom. The first kappa shape index (κ1) is 13.9. The average Bonchev–Trinajstić information content (AvgIpc) is 2.46. The van der Waals surface area contributed by atoms with Gasteiger partial charge in [-0.3, -0.25) is 4.79 Å². The lowest BCUT2D eigenvalue weighted by molar-refractivity contribution is -0.140. The van der Waals surface area contributed by atoms with Crippen molar-refractivity contribution in [2.75, 3.05) is 20.2 Å². The molecule has 1 unspecified atom stereocenters. The highest BCUT2D eigenvalue weighted by atomic mass is 16.5. The number of aryl methyl sites for hydroxylation is 1. The van der Waals surface area contributed by atoms with E-state index < -0.39 is 0 Å². The van der Waals surface area contributed by atoms with Crippen molar-refractivity contribution in [1.29, 1.82) is 0 Å². The van der Waals surface area contributed by atoms with Crippen LogP contribution in [-0.4, -0.2) is 32.3 Å². The van der Waals surface area contributed by atoms with Crippen LogP contribution in [0.1, 0.15) is 24.8 Å². The number of carbonyl (C=O) groups excluding carboxylic acids is 1. The van der Waals surface area contributed by atoms with Crippen LogP contribution in [0.25, 0.3) is 0 Å². The molecule has 104 valence electrons. The normalized spacial score (nSPS) is 17.4. The van der Waals surface area contributed by atoms with Crippen LogP contribution in [0.2, 0.25) is 0 Å². The van der Waals surface area contributed by atoms with E-state index in [1.54, 1.807) is 0 Å². The zero-order chi connectivity index (χ0) is 13.5. The van der Waals surface area contributed by atoms with Crippen molar-refractivity contribution < 1.29 is 14.3 Å². The van der Waals surface area contributed by atoms with Gasteiger partial charge < -0.3 is 14.8 Å². The van der Waals surface area contributed by atoms with Gasteiger partial charge in [0, 0.05) is 6.54 Å². The molecule has 1 aliphatic rings. The summed E-state index contributed by atoms with van der Waals surface area (Å²) in [5.41, 5.74) is 1.30. The second-order valence-corrected chi connectivity index (χ2v) is 4.75. The number of methoxy groups -OCH3 is 1. The number of hydrogen-bond donors (Lipinski definition) is 1. The Bertz CT molecular complexity index is 420. The number of carbonyl (C=O) groups is 1. The van der Waals surface area contributed by atoms with E-state index in [2.05, 4.69) is 22.2 Å². The van der Waals surface area contributed by atoms with Gasteiger partial charge in [-0.25, -0.2) is 0 Å². The molecule has 0 saturated carbocycles.